The number of nitrogens with one attached hydrogen (secondary N) is 1. The second-order valence-corrected chi connectivity index (χ2v) is 6.21. The number of carbonyl (C=O) groups is 2. The minimum Gasteiger partial charge on any atom is -0.497 e. The van der Waals surface area contributed by atoms with Crippen molar-refractivity contribution >= 4 is 11.9 Å². The fourth-order valence-electron chi connectivity index (χ4n) is 2.76. The van der Waals surface area contributed by atoms with Crippen LogP contribution in [-0.4, -0.2) is 25.6 Å². The molecule has 1 aliphatic rings. The highest BCUT2D eigenvalue weighted by molar-refractivity contribution is 5.91. The number of halogens is 1. The smallest absolute Gasteiger partial charge is 0.341 e. The van der Waals surface area contributed by atoms with Gasteiger partial charge in [0.2, 0.25) is 0 Å². The fraction of sp³-hybridized carbons (Fsp3) is 0.300. The Morgan fingerprint density at radius 3 is 2.46 bits per heavy atom. The Labute approximate surface area is 151 Å². The molecule has 2 aromatic carbocycles. The molecule has 6 heteroatoms. The summed E-state index contributed by atoms with van der Waals surface area (Å²) in [6.45, 7) is -0.452. The molecule has 2 aromatic rings. The van der Waals surface area contributed by atoms with E-state index in [0.29, 0.717) is 5.92 Å². The van der Waals surface area contributed by atoms with Gasteiger partial charge in [0.15, 0.2) is 6.61 Å². The van der Waals surface area contributed by atoms with Gasteiger partial charge in [0, 0.05) is 0 Å². The summed E-state index contributed by atoms with van der Waals surface area (Å²) in [6, 6.07) is 12.9. The molecule has 1 atom stereocenters. The van der Waals surface area contributed by atoms with Gasteiger partial charge in [-0.3, -0.25) is 4.79 Å². The topological polar surface area (TPSA) is 64.6 Å². The highest BCUT2D eigenvalue weighted by atomic mass is 19.1. The van der Waals surface area contributed by atoms with Gasteiger partial charge in [-0.25, -0.2) is 9.18 Å². The van der Waals surface area contributed by atoms with E-state index in [1.807, 2.05) is 24.3 Å². The van der Waals surface area contributed by atoms with Crippen molar-refractivity contribution in [2.75, 3.05) is 13.7 Å². The molecule has 1 fully saturated rings. The number of carbonyl (C=O) groups excluding carboxylic acids is 2. The monoisotopic (exact) mass is 357 g/mol. The van der Waals surface area contributed by atoms with E-state index >= 15 is 0 Å². The van der Waals surface area contributed by atoms with Crippen LogP contribution in [0, 0.1) is 11.7 Å². The summed E-state index contributed by atoms with van der Waals surface area (Å²) in [7, 11) is 1.60. The molecule has 3 rings (SSSR count). The molecule has 1 amide bonds. The van der Waals surface area contributed by atoms with E-state index in [4.69, 9.17) is 9.47 Å². The summed E-state index contributed by atoms with van der Waals surface area (Å²) in [5.74, 6) is -0.830. The first-order valence-electron chi connectivity index (χ1n) is 8.43. The van der Waals surface area contributed by atoms with Crippen molar-refractivity contribution in [3.05, 3.63) is 65.5 Å². The highest BCUT2D eigenvalue weighted by Crippen LogP contribution is 2.41. The predicted octanol–water partition coefficient (Wildman–Crippen LogP) is 3.26. The summed E-state index contributed by atoms with van der Waals surface area (Å²) in [5, 5.41) is 2.90. The average molecular weight is 357 g/mol. The van der Waals surface area contributed by atoms with Crippen molar-refractivity contribution in [1.29, 1.82) is 0 Å². The zero-order valence-corrected chi connectivity index (χ0v) is 14.4. The van der Waals surface area contributed by atoms with Gasteiger partial charge in [-0.1, -0.05) is 24.3 Å². The fourth-order valence-corrected chi connectivity index (χ4v) is 2.76. The van der Waals surface area contributed by atoms with Gasteiger partial charge in [-0.15, -0.1) is 0 Å². The number of benzene rings is 2. The molecule has 0 bridgehead atoms. The summed E-state index contributed by atoms with van der Waals surface area (Å²) >= 11 is 0. The summed E-state index contributed by atoms with van der Waals surface area (Å²) in [4.78, 5) is 24.1. The maximum Gasteiger partial charge on any atom is 0.341 e. The maximum absolute atomic E-state index is 13.6. The van der Waals surface area contributed by atoms with Crippen molar-refractivity contribution in [3.63, 3.8) is 0 Å². The number of ether oxygens (including phenoxy) is 2. The molecule has 0 saturated heterocycles. The average Bonchev–Trinajstić information content (AvgIpc) is 3.50. The quantitative estimate of drug-likeness (QED) is 0.773. The van der Waals surface area contributed by atoms with E-state index in [1.165, 1.54) is 24.3 Å². The van der Waals surface area contributed by atoms with E-state index < -0.39 is 24.3 Å². The van der Waals surface area contributed by atoms with Gasteiger partial charge >= 0.3 is 5.97 Å². The minimum atomic E-state index is -0.856. The number of rotatable bonds is 7. The van der Waals surface area contributed by atoms with Gasteiger partial charge in [-0.2, -0.15) is 0 Å². The molecule has 26 heavy (non-hydrogen) atoms. The molecule has 0 aromatic heterocycles. The van der Waals surface area contributed by atoms with Crippen LogP contribution in [-0.2, 0) is 9.53 Å². The van der Waals surface area contributed by atoms with Crippen LogP contribution in [0.3, 0.4) is 0 Å². The van der Waals surface area contributed by atoms with Crippen LogP contribution in [0.15, 0.2) is 48.5 Å². The first-order valence-corrected chi connectivity index (χ1v) is 8.43. The first kappa shape index (κ1) is 17.9. The molecule has 0 spiro atoms. The molecule has 0 heterocycles. The normalized spacial score (nSPS) is 14.4. The largest absolute Gasteiger partial charge is 0.497 e. The molecule has 1 N–H and O–H groups in total. The second kappa shape index (κ2) is 7.99. The van der Waals surface area contributed by atoms with Crippen LogP contribution in [0.5, 0.6) is 5.75 Å². The molecule has 1 unspecified atom stereocenters. The van der Waals surface area contributed by atoms with Crippen molar-refractivity contribution in [2.24, 2.45) is 5.92 Å². The molecule has 1 saturated carbocycles. The van der Waals surface area contributed by atoms with Crippen LogP contribution in [0.25, 0.3) is 0 Å². The van der Waals surface area contributed by atoms with Crippen LogP contribution in [0.2, 0.25) is 0 Å². The van der Waals surface area contributed by atoms with Crippen molar-refractivity contribution in [2.45, 2.75) is 18.9 Å². The Morgan fingerprint density at radius 2 is 1.85 bits per heavy atom. The van der Waals surface area contributed by atoms with Gasteiger partial charge in [0.05, 0.1) is 18.7 Å². The standard InChI is InChI=1S/C20H20FNO4/c1-25-15-10-8-14(9-11-15)19(13-6-7-13)22-18(23)12-26-20(24)16-4-2-3-5-17(16)21/h2-5,8-11,13,19H,6-7,12H2,1H3,(H,22,23). The van der Waals surface area contributed by atoms with Crippen LogP contribution >= 0.6 is 0 Å². The highest BCUT2D eigenvalue weighted by Gasteiger charge is 2.33. The van der Waals surface area contributed by atoms with Gasteiger partial charge in [0.25, 0.3) is 5.91 Å². The lowest BCUT2D eigenvalue weighted by Crippen LogP contribution is -2.33. The molecule has 136 valence electrons. The van der Waals surface area contributed by atoms with E-state index in [-0.39, 0.29) is 11.6 Å². The summed E-state index contributed by atoms with van der Waals surface area (Å²) < 4.78 is 23.6. The third-order valence-corrected chi connectivity index (χ3v) is 4.31. The summed E-state index contributed by atoms with van der Waals surface area (Å²) in [5.41, 5.74) is 0.788. The Bertz CT molecular complexity index is 787. The van der Waals surface area contributed by atoms with Crippen LogP contribution in [0.1, 0.15) is 34.8 Å². The van der Waals surface area contributed by atoms with Gasteiger partial charge < -0.3 is 14.8 Å². The minimum absolute atomic E-state index is 0.138. The van der Waals surface area contributed by atoms with Crippen molar-refractivity contribution < 1.29 is 23.5 Å². The second-order valence-electron chi connectivity index (χ2n) is 6.21. The van der Waals surface area contributed by atoms with E-state index in [9.17, 15) is 14.0 Å². The third kappa shape index (κ3) is 4.39. The van der Waals surface area contributed by atoms with Crippen molar-refractivity contribution in [1.82, 2.24) is 5.32 Å². The summed E-state index contributed by atoms with van der Waals surface area (Å²) in [6.07, 6.45) is 2.07. The molecule has 1 aliphatic carbocycles. The van der Waals surface area contributed by atoms with E-state index in [2.05, 4.69) is 5.32 Å². The Hall–Kier alpha value is -2.89. The number of methoxy groups -OCH3 is 1. The third-order valence-electron chi connectivity index (χ3n) is 4.31. The molecular formula is C20H20FNO4. The lowest BCUT2D eigenvalue weighted by atomic mass is 10.0. The Kier molecular flexibility index (Phi) is 5.51. The number of hydrogen-bond donors (Lipinski definition) is 1. The first-order chi connectivity index (χ1) is 12.6. The number of amides is 1. The van der Waals surface area contributed by atoms with Crippen LogP contribution in [0.4, 0.5) is 4.39 Å². The molecular weight excluding hydrogens is 337 g/mol. The zero-order chi connectivity index (χ0) is 18.5. The molecule has 0 radical (unpaired) electrons. The maximum atomic E-state index is 13.6. The zero-order valence-electron chi connectivity index (χ0n) is 14.4. The SMILES string of the molecule is COc1ccc(C(NC(=O)COC(=O)c2ccccc2F)C2CC2)cc1. The van der Waals surface area contributed by atoms with Crippen LogP contribution < -0.4 is 10.1 Å². The Morgan fingerprint density at radius 1 is 1.15 bits per heavy atom. The lowest BCUT2D eigenvalue weighted by molar-refractivity contribution is -0.125. The molecule has 5 nitrogen and oxygen atoms in total. The van der Waals surface area contributed by atoms with Gasteiger partial charge in [0.1, 0.15) is 11.6 Å². The van der Waals surface area contributed by atoms with E-state index in [1.54, 1.807) is 7.11 Å². The van der Waals surface area contributed by atoms with Crippen molar-refractivity contribution in [3.8, 4) is 5.75 Å². The Balaban J connectivity index is 1.58. The molecule has 0 aliphatic heterocycles. The lowest BCUT2D eigenvalue weighted by Gasteiger charge is -2.19. The number of esters is 1. The predicted molar refractivity (Wildman–Crippen MR) is 93.3 cm³/mol. The van der Waals surface area contributed by atoms with Gasteiger partial charge in [-0.05, 0) is 48.6 Å². The number of hydrogen-bond acceptors (Lipinski definition) is 4. The van der Waals surface area contributed by atoms with E-state index in [0.717, 1.165) is 24.2 Å².